The zero-order chi connectivity index (χ0) is 10.7. The van der Waals surface area contributed by atoms with Crippen LogP contribution in [0.4, 0.5) is 0 Å². The normalized spacial score (nSPS) is 29.2. The summed E-state index contributed by atoms with van der Waals surface area (Å²) in [6, 6.07) is 1.02. The summed E-state index contributed by atoms with van der Waals surface area (Å²) in [5.41, 5.74) is 0. The molecule has 88 valence electrons. The Hall–Kier alpha value is -0.0400. The van der Waals surface area contributed by atoms with Crippen LogP contribution in [0.3, 0.4) is 0 Å². The van der Waals surface area contributed by atoms with Crippen LogP contribution in [0.1, 0.15) is 58.8 Å². The quantitative estimate of drug-likeness (QED) is 0.670. The molecule has 1 nitrogen and oxygen atoms in total. The molecule has 0 amide bonds. The molecule has 0 aromatic carbocycles. The van der Waals surface area contributed by atoms with Gasteiger partial charge in [0, 0.05) is 6.04 Å². The second-order valence-corrected chi connectivity index (χ2v) is 5.30. The molecule has 0 atom stereocenters. The molecule has 0 bridgehead atoms. The Balaban J connectivity index is 0.000000404. The van der Waals surface area contributed by atoms with E-state index in [0.29, 0.717) is 0 Å². The fraction of sp³-hybridized carbons (Fsp3) is 1.00. The van der Waals surface area contributed by atoms with Gasteiger partial charge in [-0.1, -0.05) is 33.1 Å². The molecule has 2 aliphatic carbocycles. The summed E-state index contributed by atoms with van der Waals surface area (Å²) in [6.45, 7) is 6.84. The fourth-order valence-corrected chi connectivity index (χ4v) is 3.11. The third kappa shape index (κ3) is 2.75. The predicted molar refractivity (Wildman–Crippen MR) is 66.0 cm³/mol. The van der Waals surface area contributed by atoms with Gasteiger partial charge in [0.2, 0.25) is 0 Å². The van der Waals surface area contributed by atoms with E-state index in [1.54, 1.807) is 12.8 Å². The molecule has 0 spiro atoms. The summed E-state index contributed by atoms with van der Waals surface area (Å²) < 4.78 is 0. The smallest absolute Gasteiger partial charge is 0.00964 e. The number of likely N-dealkylation sites (tertiary alicyclic amines) is 1. The van der Waals surface area contributed by atoms with Gasteiger partial charge in [-0.2, -0.15) is 0 Å². The summed E-state index contributed by atoms with van der Waals surface area (Å²) in [6.07, 6.45) is 10.6. The van der Waals surface area contributed by atoms with Gasteiger partial charge in [-0.15, -0.1) is 0 Å². The van der Waals surface area contributed by atoms with Crippen LogP contribution in [0.25, 0.3) is 0 Å². The van der Waals surface area contributed by atoms with Crippen LogP contribution in [0, 0.1) is 11.8 Å². The molecule has 1 saturated heterocycles. The number of piperidine rings is 1. The molecule has 0 aromatic heterocycles. The first-order valence-corrected chi connectivity index (χ1v) is 7.17. The van der Waals surface area contributed by atoms with Crippen molar-refractivity contribution in [2.45, 2.75) is 64.8 Å². The Morgan fingerprint density at radius 1 is 0.733 bits per heavy atom. The van der Waals surface area contributed by atoms with E-state index in [9.17, 15) is 0 Å². The zero-order valence-corrected chi connectivity index (χ0v) is 10.5. The highest BCUT2D eigenvalue weighted by Crippen LogP contribution is 2.40. The van der Waals surface area contributed by atoms with Crippen molar-refractivity contribution in [1.29, 1.82) is 0 Å². The Morgan fingerprint density at radius 3 is 1.67 bits per heavy atom. The summed E-state index contributed by atoms with van der Waals surface area (Å²) in [7, 11) is 0. The van der Waals surface area contributed by atoms with E-state index in [0.717, 1.165) is 17.9 Å². The van der Waals surface area contributed by atoms with Gasteiger partial charge >= 0.3 is 0 Å². The van der Waals surface area contributed by atoms with Crippen LogP contribution in [0.5, 0.6) is 0 Å². The van der Waals surface area contributed by atoms with Crippen molar-refractivity contribution in [3.63, 3.8) is 0 Å². The van der Waals surface area contributed by atoms with Gasteiger partial charge in [-0.25, -0.2) is 0 Å². The second-order valence-electron chi connectivity index (χ2n) is 5.30. The van der Waals surface area contributed by atoms with Crippen LogP contribution in [0.15, 0.2) is 0 Å². The van der Waals surface area contributed by atoms with Crippen LogP contribution in [-0.2, 0) is 0 Å². The minimum Gasteiger partial charge on any atom is -0.300 e. The van der Waals surface area contributed by atoms with Gasteiger partial charge in [0.25, 0.3) is 0 Å². The molecule has 3 rings (SSSR count). The zero-order valence-electron chi connectivity index (χ0n) is 10.5. The standard InChI is InChI=1S/C12H21N.C2H6/c1-2-10(3-1)11-6-8-13(9-7-11)12-4-5-12;1-2/h10-12H,1-9H2;1-2H3. The molecule has 1 heterocycles. The first kappa shape index (κ1) is 11.4. The predicted octanol–water partition coefficient (Wildman–Crippen LogP) is 3.69. The average Bonchev–Trinajstić information content (AvgIpc) is 3.03. The Kier molecular flexibility index (Phi) is 4.07. The van der Waals surface area contributed by atoms with Gasteiger partial charge in [-0.05, 0) is 50.6 Å². The average molecular weight is 209 g/mol. The van der Waals surface area contributed by atoms with Gasteiger partial charge in [0.05, 0.1) is 0 Å². The molecular formula is C14H27N. The van der Waals surface area contributed by atoms with E-state index < -0.39 is 0 Å². The summed E-state index contributed by atoms with van der Waals surface area (Å²) in [4.78, 5) is 2.75. The minimum absolute atomic E-state index is 1.02. The lowest BCUT2D eigenvalue weighted by Gasteiger charge is -2.40. The number of hydrogen-bond acceptors (Lipinski definition) is 1. The van der Waals surface area contributed by atoms with Crippen molar-refractivity contribution in [1.82, 2.24) is 4.90 Å². The van der Waals surface area contributed by atoms with Crippen molar-refractivity contribution >= 4 is 0 Å². The first-order chi connectivity index (χ1) is 7.43. The van der Waals surface area contributed by atoms with Crippen LogP contribution in [0.2, 0.25) is 0 Å². The molecule has 1 aliphatic heterocycles. The van der Waals surface area contributed by atoms with E-state index in [2.05, 4.69) is 4.90 Å². The number of rotatable bonds is 2. The number of hydrogen-bond donors (Lipinski definition) is 0. The van der Waals surface area contributed by atoms with Gasteiger partial charge in [0.1, 0.15) is 0 Å². The van der Waals surface area contributed by atoms with Crippen LogP contribution >= 0.6 is 0 Å². The Labute approximate surface area is 95.2 Å². The second kappa shape index (κ2) is 5.34. The molecule has 0 N–H and O–H groups in total. The highest BCUT2D eigenvalue weighted by Gasteiger charge is 2.35. The topological polar surface area (TPSA) is 3.24 Å². The van der Waals surface area contributed by atoms with Crippen LogP contribution < -0.4 is 0 Å². The lowest BCUT2D eigenvalue weighted by atomic mass is 9.72. The molecule has 0 aromatic rings. The fourth-order valence-electron chi connectivity index (χ4n) is 3.11. The first-order valence-electron chi connectivity index (χ1n) is 7.17. The molecule has 15 heavy (non-hydrogen) atoms. The minimum atomic E-state index is 1.02. The molecule has 3 fully saturated rings. The molecule has 0 radical (unpaired) electrons. The Morgan fingerprint density at radius 2 is 1.27 bits per heavy atom. The summed E-state index contributed by atoms with van der Waals surface area (Å²) >= 11 is 0. The van der Waals surface area contributed by atoms with Crippen molar-refractivity contribution in [3.8, 4) is 0 Å². The summed E-state index contributed by atoms with van der Waals surface area (Å²) in [5.74, 6) is 2.25. The van der Waals surface area contributed by atoms with E-state index in [1.165, 1.54) is 45.2 Å². The Bertz CT molecular complexity index is 174. The maximum atomic E-state index is 2.75. The van der Waals surface area contributed by atoms with Crippen molar-refractivity contribution in [2.24, 2.45) is 11.8 Å². The van der Waals surface area contributed by atoms with E-state index in [4.69, 9.17) is 0 Å². The lowest BCUT2D eigenvalue weighted by Crippen LogP contribution is -2.38. The van der Waals surface area contributed by atoms with Crippen molar-refractivity contribution in [2.75, 3.05) is 13.1 Å². The van der Waals surface area contributed by atoms with Gasteiger partial charge in [0.15, 0.2) is 0 Å². The third-order valence-corrected chi connectivity index (χ3v) is 4.45. The molecule has 1 heteroatoms. The molecule has 0 unspecified atom stereocenters. The molecule has 2 saturated carbocycles. The highest BCUT2D eigenvalue weighted by atomic mass is 15.2. The summed E-state index contributed by atoms with van der Waals surface area (Å²) in [5, 5.41) is 0. The van der Waals surface area contributed by atoms with Crippen molar-refractivity contribution in [3.05, 3.63) is 0 Å². The van der Waals surface area contributed by atoms with E-state index in [-0.39, 0.29) is 0 Å². The molecule has 3 aliphatic rings. The van der Waals surface area contributed by atoms with Crippen molar-refractivity contribution < 1.29 is 0 Å². The monoisotopic (exact) mass is 209 g/mol. The maximum Gasteiger partial charge on any atom is 0.00964 e. The number of nitrogens with zero attached hydrogens (tertiary/aromatic N) is 1. The molecular weight excluding hydrogens is 182 g/mol. The lowest BCUT2D eigenvalue weighted by molar-refractivity contribution is 0.103. The third-order valence-electron chi connectivity index (χ3n) is 4.45. The van der Waals surface area contributed by atoms with E-state index >= 15 is 0 Å². The maximum absolute atomic E-state index is 2.75. The highest BCUT2D eigenvalue weighted by molar-refractivity contribution is 4.89. The van der Waals surface area contributed by atoms with Crippen LogP contribution in [-0.4, -0.2) is 24.0 Å². The van der Waals surface area contributed by atoms with Gasteiger partial charge in [-0.3, -0.25) is 0 Å². The largest absolute Gasteiger partial charge is 0.300 e. The van der Waals surface area contributed by atoms with Gasteiger partial charge < -0.3 is 4.90 Å². The SMILES string of the molecule is C1CC(C2CCN(C3CC3)CC2)C1.CC. The van der Waals surface area contributed by atoms with E-state index in [1.807, 2.05) is 13.8 Å².